The van der Waals surface area contributed by atoms with Crippen molar-refractivity contribution in [3.05, 3.63) is 0 Å². The minimum atomic E-state index is 0. The second-order valence-electron chi connectivity index (χ2n) is 0.0583. The van der Waals surface area contributed by atoms with Crippen molar-refractivity contribution in [1.29, 1.82) is 0 Å². The second-order valence-corrected chi connectivity index (χ2v) is 0.0583. The molecular formula is F2MgO+2. The Morgan fingerprint density at radius 3 is 1.25 bits per heavy atom. The van der Waals surface area contributed by atoms with Crippen LogP contribution < -0.4 is 0 Å². The van der Waals surface area contributed by atoms with Crippen LogP contribution >= 0.6 is 0 Å². The summed E-state index contributed by atoms with van der Waals surface area (Å²) in [5.41, 5.74) is 0. The zero-order valence-electron chi connectivity index (χ0n) is 1.87. The third-order valence-electron chi connectivity index (χ3n) is 0. The third kappa shape index (κ3) is 18.9. The third-order valence-corrected chi connectivity index (χ3v) is 0. The Balaban J connectivity index is 0. The Morgan fingerprint density at radius 1 is 1.25 bits per heavy atom. The van der Waals surface area contributed by atoms with E-state index in [1.165, 1.54) is 5.15 Å². The predicted octanol–water partition coefficient (Wildman–Crippen LogP) is 0.391. The molecule has 0 saturated carbocycles. The topological polar surface area (TPSA) is 9.23 Å². The molecule has 20 valence electrons. The van der Waals surface area contributed by atoms with Gasteiger partial charge < -0.3 is 0 Å². The van der Waals surface area contributed by atoms with Crippen LogP contribution in [0, 0.1) is 0 Å². The van der Waals surface area contributed by atoms with Crippen LogP contribution in [0.3, 0.4) is 0 Å². The molecule has 0 radical (unpaired) electrons. The predicted molar refractivity (Wildman–Crippen MR) is 9.05 cm³/mol. The Hall–Kier alpha value is 0.586. The van der Waals surface area contributed by atoms with E-state index in [1.54, 1.807) is 0 Å². The summed E-state index contributed by atoms with van der Waals surface area (Å²) in [6.45, 7) is 0. The van der Waals surface area contributed by atoms with E-state index in [4.69, 9.17) is 9.05 Å². The van der Waals surface area contributed by atoms with E-state index in [-0.39, 0.29) is 23.1 Å². The van der Waals surface area contributed by atoms with E-state index < -0.39 is 0 Å². The zero-order chi connectivity index (χ0) is 2.71. The van der Waals surface area contributed by atoms with Crippen molar-refractivity contribution in [2.24, 2.45) is 0 Å². The van der Waals surface area contributed by atoms with Gasteiger partial charge in [-0.2, -0.15) is 0 Å². The summed E-state index contributed by atoms with van der Waals surface area (Å²) in [6.07, 6.45) is 0. The maximum atomic E-state index is 9.12. The first-order valence-electron chi connectivity index (χ1n) is 0.309. The summed E-state index contributed by atoms with van der Waals surface area (Å²) in [5.74, 6) is 0. The van der Waals surface area contributed by atoms with Gasteiger partial charge in [-0.25, -0.2) is 0 Å². The minimum absolute atomic E-state index is 0. The summed E-state index contributed by atoms with van der Waals surface area (Å²) >= 11 is 0. The smallest absolute Gasteiger partial charge is 0.0104 e. The molecule has 0 aromatic carbocycles. The number of hydrogen-bond donors (Lipinski definition) is 0. The number of halogens is 2. The van der Waals surface area contributed by atoms with E-state index >= 15 is 0 Å². The molecule has 0 N–H and O–H groups in total. The molecule has 0 aromatic rings. The van der Waals surface area contributed by atoms with E-state index in [0.29, 0.717) is 0 Å². The molecule has 0 aliphatic rings. The van der Waals surface area contributed by atoms with E-state index in [0.717, 1.165) is 0 Å². The first-order chi connectivity index (χ1) is 1.41. The van der Waals surface area contributed by atoms with E-state index in [9.17, 15) is 0 Å². The Labute approximate surface area is 37.9 Å². The Bertz CT molecular complexity index is 6.00. The molecule has 0 aliphatic carbocycles. The molecular weight excluding hydrogens is 78.3 g/mol. The molecule has 0 unspecified atom stereocenters. The first kappa shape index (κ1) is 8.82. The van der Waals surface area contributed by atoms with Gasteiger partial charge in [0.25, 0.3) is 0 Å². The fourth-order valence-electron chi connectivity index (χ4n) is 0. The molecule has 4 heavy (non-hydrogen) atoms. The van der Waals surface area contributed by atoms with Crippen LogP contribution in [-0.4, -0.2) is 23.1 Å². The molecule has 1 nitrogen and oxygen atoms in total. The summed E-state index contributed by atoms with van der Waals surface area (Å²) < 4.78 is 18.2. The standard InChI is InChI=1S/F2O.Mg/c1-3-2;/q;+2. The quantitative estimate of drug-likeness (QED) is 0.381. The van der Waals surface area contributed by atoms with Crippen LogP contribution in [0.15, 0.2) is 0 Å². The summed E-state index contributed by atoms with van der Waals surface area (Å²) in [7, 11) is 0. The molecule has 0 saturated heterocycles. The van der Waals surface area contributed by atoms with Crippen molar-refractivity contribution in [2.45, 2.75) is 0 Å². The van der Waals surface area contributed by atoms with E-state index in [1.807, 2.05) is 0 Å². The first-order valence-corrected chi connectivity index (χ1v) is 0.309. The van der Waals surface area contributed by atoms with Crippen molar-refractivity contribution in [3.8, 4) is 0 Å². The maximum absolute atomic E-state index is 9.12. The average Bonchev–Trinajstić information content (AvgIpc) is 0.918. The van der Waals surface area contributed by atoms with Crippen molar-refractivity contribution in [1.82, 2.24) is 0 Å². The van der Waals surface area contributed by atoms with Gasteiger partial charge in [-0.05, 0) is 9.05 Å². The minimum Gasteiger partial charge on any atom is -0.0104 e. The van der Waals surface area contributed by atoms with Crippen molar-refractivity contribution in [3.63, 3.8) is 0 Å². The normalized spacial score (nSPS) is 4.50. The van der Waals surface area contributed by atoms with Crippen LogP contribution in [0.1, 0.15) is 0 Å². The van der Waals surface area contributed by atoms with Gasteiger partial charge in [0.05, 0.1) is 0 Å². The second kappa shape index (κ2) is 9.53. The SMILES string of the molecule is FOF.[Mg+2]. The molecule has 0 aromatic heterocycles. The molecule has 0 rings (SSSR count). The van der Waals surface area contributed by atoms with Gasteiger partial charge in [0.15, 0.2) is 0 Å². The summed E-state index contributed by atoms with van der Waals surface area (Å²) in [5, 5.41) is 1.25. The molecule has 0 fully saturated rings. The van der Waals surface area contributed by atoms with Gasteiger partial charge in [-0.15, -0.1) is 0 Å². The number of hydrogen-bond acceptors (Lipinski definition) is 1. The maximum Gasteiger partial charge on any atom is 2.00 e. The Kier molecular flexibility index (Phi) is 21.0. The van der Waals surface area contributed by atoms with Crippen molar-refractivity contribution in [2.75, 3.05) is 0 Å². The molecule has 4 heteroatoms. The van der Waals surface area contributed by atoms with E-state index in [2.05, 4.69) is 0 Å². The fourth-order valence-corrected chi connectivity index (χ4v) is 0. The van der Waals surface area contributed by atoms with Crippen molar-refractivity contribution < 1.29 is 14.2 Å². The largest absolute Gasteiger partial charge is 2.00 e. The van der Waals surface area contributed by atoms with Crippen LogP contribution in [0.5, 0.6) is 0 Å². The molecule has 0 atom stereocenters. The molecule has 0 bridgehead atoms. The average molecular weight is 78.3 g/mol. The monoisotopic (exact) mass is 78.0 g/mol. The van der Waals surface area contributed by atoms with Gasteiger partial charge in [-0.1, -0.05) is 0 Å². The van der Waals surface area contributed by atoms with Gasteiger partial charge >= 0.3 is 23.1 Å². The van der Waals surface area contributed by atoms with Gasteiger partial charge in [0.2, 0.25) is 0 Å². The number of rotatable bonds is 0. The molecule has 0 aliphatic heterocycles. The molecule has 0 spiro atoms. The van der Waals surface area contributed by atoms with Crippen LogP contribution in [0.4, 0.5) is 9.05 Å². The van der Waals surface area contributed by atoms with Crippen LogP contribution in [0.2, 0.25) is 0 Å². The summed E-state index contributed by atoms with van der Waals surface area (Å²) in [6, 6.07) is 0. The summed E-state index contributed by atoms with van der Waals surface area (Å²) in [4.78, 5) is 0. The zero-order valence-corrected chi connectivity index (χ0v) is 3.29. The molecule has 0 heterocycles. The van der Waals surface area contributed by atoms with Gasteiger partial charge in [-0.3, -0.25) is 0 Å². The van der Waals surface area contributed by atoms with Gasteiger partial charge in [0.1, 0.15) is 0 Å². The van der Waals surface area contributed by atoms with Crippen LogP contribution in [0.25, 0.3) is 0 Å². The van der Waals surface area contributed by atoms with Crippen LogP contribution in [-0.2, 0) is 5.15 Å². The Morgan fingerprint density at radius 2 is 1.25 bits per heavy atom. The van der Waals surface area contributed by atoms with Gasteiger partial charge in [0, 0.05) is 5.15 Å². The van der Waals surface area contributed by atoms with Crippen molar-refractivity contribution >= 4 is 23.1 Å². The fraction of sp³-hybridized carbons (Fsp3) is 0. The molecule has 0 amide bonds.